The van der Waals surface area contributed by atoms with Crippen LogP contribution >= 0.6 is 15.9 Å². The molecule has 100 valence electrons. The third-order valence-electron chi connectivity index (χ3n) is 2.46. The van der Waals surface area contributed by atoms with Crippen LogP contribution in [0.15, 0.2) is 30.7 Å². The molecule has 0 saturated heterocycles. The quantitative estimate of drug-likeness (QED) is 0.872. The van der Waals surface area contributed by atoms with Crippen LogP contribution in [0.1, 0.15) is 21.9 Å². The number of aromatic amines is 1. The van der Waals surface area contributed by atoms with Crippen LogP contribution in [0.4, 0.5) is 0 Å². The monoisotopic (exact) mass is 328 g/mol. The first kappa shape index (κ1) is 13.3. The lowest BCUT2D eigenvalue weighted by atomic mass is 10.2. The van der Waals surface area contributed by atoms with E-state index in [4.69, 9.17) is 9.52 Å². The third-order valence-corrected chi connectivity index (χ3v) is 3.02. The summed E-state index contributed by atoms with van der Waals surface area (Å²) >= 11 is 3.01. The third kappa shape index (κ3) is 2.68. The first-order valence-corrected chi connectivity index (χ1v) is 5.99. The molecule has 7 nitrogen and oxygen atoms in total. The maximum absolute atomic E-state index is 11.6. The fourth-order valence-corrected chi connectivity index (χ4v) is 1.95. The summed E-state index contributed by atoms with van der Waals surface area (Å²) in [6, 6.07) is 1.54. The molecule has 2 heterocycles. The average Bonchev–Trinajstić information content (AvgIpc) is 2.67. The molecule has 2 N–H and O–H groups in total. The van der Waals surface area contributed by atoms with Crippen LogP contribution in [-0.4, -0.2) is 20.6 Å². The molecule has 0 spiro atoms. The fraction of sp³-hybridized carbons (Fsp3) is 0.182. The highest BCUT2D eigenvalue weighted by molar-refractivity contribution is 9.10. The molecule has 0 bridgehead atoms. The molecule has 2 aromatic rings. The van der Waals surface area contributed by atoms with E-state index in [9.17, 15) is 14.4 Å². The van der Waals surface area contributed by atoms with Gasteiger partial charge in [-0.05, 0) is 28.9 Å². The van der Waals surface area contributed by atoms with Crippen molar-refractivity contribution in [3.8, 4) is 0 Å². The van der Waals surface area contributed by atoms with Gasteiger partial charge in [-0.2, -0.15) is 0 Å². The highest BCUT2D eigenvalue weighted by Crippen LogP contribution is 2.15. The molecule has 0 aromatic carbocycles. The van der Waals surface area contributed by atoms with Crippen molar-refractivity contribution in [1.82, 2.24) is 9.55 Å². The van der Waals surface area contributed by atoms with Gasteiger partial charge >= 0.3 is 11.7 Å². The zero-order chi connectivity index (χ0) is 14.2. The summed E-state index contributed by atoms with van der Waals surface area (Å²) in [6.45, 7) is 1.63. The molecular weight excluding hydrogens is 320 g/mol. The maximum Gasteiger partial charge on any atom is 0.372 e. The summed E-state index contributed by atoms with van der Waals surface area (Å²) in [5.74, 6) is -1.01. The Labute approximate surface area is 114 Å². The summed E-state index contributed by atoms with van der Waals surface area (Å²) < 4.78 is 6.54. The van der Waals surface area contributed by atoms with E-state index in [2.05, 4.69) is 20.9 Å². The molecule has 0 fully saturated rings. The Bertz CT molecular complexity index is 755. The van der Waals surface area contributed by atoms with E-state index in [0.717, 1.165) is 0 Å². The first-order chi connectivity index (χ1) is 8.88. The van der Waals surface area contributed by atoms with Gasteiger partial charge < -0.3 is 9.52 Å². The lowest BCUT2D eigenvalue weighted by Gasteiger charge is -2.02. The van der Waals surface area contributed by atoms with Gasteiger partial charge in [0.2, 0.25) is 5.76 Å². The SMILES string of the molecule is Cc1cc(Cn2cc(Br)c(=O)[nH]c2=O)oc1C(=O)O. The van der Waals surface area contributed by atoms with Crippen molar-refractivity contribution in [2.24, 2.45) is 0 Å². The van der Waals surface area contributed by atoms with E-state index >= 15 is 0 Å². The van der Waals surface area contributed by atoms with Gasteiger partial charge in [-0.1, -0.05) is 0 Å². The minimum atomic E-state index is -1.17. The number of carbonyl (C=O) groups is 1. The number of hydrogen-bond acceptors (Lipinski definition) is 4. The number of carboxylic acids is 1. The predicted molar refractivity (Wildman–Crippen MR) is 68.5 cm³/mol. The van der Waals surface area contributed by atoms with E-state index in [-0.39, 0.29) is 16.8 Å². The molecule has 8 heteroatoms. The number of carboxylic acid groups (broad SMARTS) is 1. The number of hydrogen-bond donors (Lipinski definition) is 2. The predicted octanol–water partition coefficient (Wildman–Crippen LogP) is 0.947. The van der Waals surface area contributed by atoms with Crippen LogP contribution in [0.2, 0.25) is 0 Å². The molecule has 0 aliphatic rings. The van der Waals surface area contributed by atoms with Crippen LogP contribution in [-0.2, 0) is 6.54 Å². The molecule has 0 aliphatic heterocycles. The number of rotatable bonds is 3. The smallest absolute Gasteiger partial charge is 0.372 e. The molecule has 0 aliphatic carbocycles. The summed E-state index contributed by atoms with van der Waals surface area (Å²) in [5.41, 5.74) is -0.652. The Hall–Kier alpha value is -2.09. The average molecular weight is 329 g/mol. The number of halogens is 1. The Morgan fingerprint density at radius 3 is 2.79 bits per heavy atom. The molecule has 2 aromatic heterocycles. The van der Waals surface area contributed by atoms with Crippen molar-refractivity contribution in [2.75, 3.05) is 0 Å². The number of aromatic carboxylic acids is 1. The van der Waals surface area contributed by atoms with Gasteiger partial charge in [0.15, 0.2) is 0 Å². The van der Waals surface area contributed by atoms with E-state index in [1.165, 1.54) is 16.8 Å². The van der Waals surface area contributed by atoms with E-state index in [1.807, 2.05) is 0 Å². The number of nitrogens with zero attached hydrogens (tertiary/aromatic N) is 1. The normalized spacial score (nSPS) is 10.6. The number of H-pyrrole nitrogens is 1. The van der Waals surface area contributed by atoms with Crippen molar-refractivity contribution < 1.29 is 14.3 Å². The van der Waals surface area contributed by atoms with Crippen molar-refractivity contribution in [2.45, 2.75) is 13.5 Å². The number of aryl methyl sites for hydroxylation is 1. The summed E-state index contributed by atoms with van der Waals surface area (Å²) in [7, 11) is 0. The highest BCUT2D eigenvalue weighted by atomic mass is 79.9. The van der Waals surface area contributed by atoms with Gasteiger partial charge in [0, 0.05) is 11.8 Å². The van der Waals surface area contributed by atoms with Crippen LogP contribution < -0.4 is 11.2 Å². The molecule has 2 rings (SSSR count). The minimum Gasteiger partial charge on any atom is -0.475 e. The molecule has 0 saturated carbocycles. The van der Waals surface area contributed by atoms with Gasteiger partial charge in [-0.15, -0.1) is 0 Å². The van der Waals surface area contributed by atoms with Crippen molar-refractivity contribution in [1.29, 1.82) is 0 Å². The van der Waals surface area contributed by atoms with Crippen molar-refractivity contribution >= 4 is 21.9 Å². The number of aromatic nitrogens is 2. The highest BCUT2D eigenvalue weighted by Gasteiger charge is 2.15. The summed E-state index contributed by atoms with van der Waals surface area (Å²) in [6.07, 6.45) is 1.32. The summed E-state index contributed by atoms with van der Waals surface area (Å²) in [4.78, 5) is 35.7. The van der Waals surface area contributed by atoms with Gasteiger partial charge in [0.1, 0.15) is 5.76 Å². The van der Waals surface area contributed by atoms with E-state index in [1.54, 1.807) is 6.92 Å². The molecular formula is C11H9BrN2O5. The lowest BCUT2D eigenvalue weighted by Crippen LogP contribution is -2.30. The number of furan rings is 1. The number of nitrogens with one attached hydrogen (secondary N) is 1. The summed E-state index contributed by atoms with van der Waals surface area (Å²) in [5, 5.41) is 8.86. The second-order valence-electron chi connectivity index (χ2n) is 3.89. The zero-order valence-electron chi connectivity index (χ0n) is 9.77. The standard InChI is InChI=1S/C11H9BrN2O5/c1-5-2-6(19-8(5)10(16)17)3-14-4-7(12)9(15)13-11(14)18/h2,4H,3H2,1H3,(H,16,17)(H,13,15,18). The van der Waals surface area contributed by atoms with Gasteiger partial charge in [0.25, 0.3) is 5.56 Å². The first-order valence-electron chi connectivity index (χ1n) is 5.20. The van der Waals surface area contributed by atoms with Crippen molar-refractivity contribution in [3.63, 3.8) is 0 Å². The van der Waals surface area contributed by atoms with Crippen LogP contribution in [0.5, 0.6) is 0 Å². The minimum absolute atomic E-state index is 0.0301. The van der Waals surface area contributed by atoms with Gasteiger partial charge in [-0.3, -0.25) is 14.3 Å². The topological polar surface area (TPSA) is 105 Å². The second kappa shape index (κ2) is 4.88. The molecule has 0 radical (unpaired) electrons. The van der Waals surface area contributed by atoms with Crippen LogP contribution in [0.3, 0.4) is 0 Å². The van der Waals surface area contributed by atoms with E-state index < -0.39 is 17.2 Å². The van der Waals surface area contributed by atoms with Gasteiger partial charge in [-0.25, -0.2) is 9.59 Å². The fourth-order valence-electron chi connectivity index (χ4n) is 1.61. The van der Waals surface area contributed by atoms with E-state index in [0.29, 0.717) is 11.3 Å². The molecule has 19 heavy (non-hydrogen) atoms. The molecule has 0 atom stereocenters. The van der Waals surface area contributed by atoms with Crippen LogP contribution in [0.25, 0.3) is 0 Å². The molecule has 0 unspecified atom stereocenters. The van der Waals surface area contributed by atoms with Crippen molar-refractivity contribution in [3.05, 3.63) is 54.7 Å². The Balaban J connectivity index is 2.39. The Kier molecular flexibility index (Phi) is 3.43. The molecule has 0 amide bonds. The zero-order valence-corrected chi connectivity index (χ0v) is 11.4. The Morgan fingerprint density at radius 2 is 2.21 bits per heavy atom. The Morgan fingerprint density at radius 1 is 1.53 bits per heavy atom. The van der Waals surface area contributed by atoms with Crippen LogP contribution in [0, 0.1) is 6.92 Å². The maximum atomic E-state index is 11.6. The lowest BCUT2D eigenvalue weighted by molar-refractivity contribution is 0.0659. The van der Waals surface area contributed by atoms with Gasteiger partial charge in [0.05, 0.1) is 11.0 Å². The largest absolute Gasteiger partial charge is 0.475 e. The second-order valence-corrected chi connectivity index (χ2v) is 4.75.